The van der Waals surface area contributed by atoms with Crippen LogP contribution in [0, 0.1) is 17.0 Å². The van der Waals surface area contributed by atoms with E-state index in [2.05, 4.69) is 15.0 Å². The molecule has 3 heterocycles. The molecule has 0 amide bonds. The van der Waals surface area contributed by atoms with E-state index in [9.17, 15) is 14.9 Å². The van der Waals surface area contributed by atoms with E-state index in [0.29, 0.717) is 28.2 Å². The molecule has 0 fully saturated rings. The highest BCUT2D eigenvalue weighted by Crippen LogP contribution is 2.20. The number of aryl methyl sites for hydroxylation is 1. The van der Waals surface area contributed by atoms with Gasteiger partial charge in [-0.05, 0) is 23.9 Å². The Bertz CT molecular complexity index is 883. The van der Waals surface area contributed by atoms with E-state index in [1.54, 1.807) is 6.07 Å². The van der Waals surface area contributed by atoms with Gasteiger partial charge in [-0.1, -0.05) is 0 Å². The summed E-state index contributed by atoms with van der Waals surface area (Å²) in [5.41, 5.74) is 1.28. The summed E-state index contributed by atoms with van der Waals surface area (Å²) in [6, 6.07) is 2.94. The number of hydrogen-bond donors (Lipinski definition) is 1. The molecule has 0 saturated heterocycles. The molecule has 0 aliphatic carbocycles. The van der Waals surface area contributed by atoms with Crippen molar-refractivity contribution >= 4 is 27.2 Å². The van der Waals surface area contributed by atoms with Crippen LogP contribution in [0.1, 0.15) is 17.1 Å². The average Bonchev–Trinajstić information content (AvgIpc) is 2.81. The van der Waals surface area contributed by atoms with Crippen LogP contribution in [0.3, 0.4) is 0 Å². The van der Waals surface area contributed by atoms with Gasteiger partial charge in [-0.2, -0.15) is 0 Å². The predicted molar refractivity (Wildman–Crippen MR) is 78.7 cm³/mol. The first-order chi connectivity index (χ1) is 10.0. The van der Waals surface area contributed by atoms with E-state index in [-0.39, 0.29) is 11.2 Å². The average molecular weight is 302 g/mol. The van der Waals surface area contributed by atoms with Gasteiger partial charge in [0.05, 0.1) is 10.3 Å². The molecule has 3 rings (SSSR count). The molecular weight excluding hydrogens is 292 g/mol. The van der Waals surface area contributed by atoms with Crippen LogP contribution in [0.5, 0.6) is 0 Å². The molecule has 3 aromatic heterocycles. The Hall–Kier alpha value is -2.61. The van der Waals surface area contributed by atoms with E-state index in [1.807, 2.05) is 12.3 Å². The lowest BCUT2D eigenvalue weighted by Crippen LogP contribution is -2.12. The third-order valence-corrected chi connectivity index (χ3v) is 4.04. The number of rotatable bonds is 3. The van der Waals surface area contributed by atoms with Crippen molar-refractivity contribution in [3.05, 3.63) is 61.3 Å². The maximum Gasteiger partial charge on any atom is 0.287 e. The number of aromatic nitrogens is 3. The molecule has 8 heteroatoms. The Morgan fingerprint density at radius 2 is 2.24 bits per heavy atom. The number of nitro groups is 1. The second kappa shape index (κ2) is 5.06. The quantitative estimate of drug-likeness (QED) is 0.590. The number of hydrogen-bond acceptors (Lipinski definition) is 6. The van der Waals surface area contributed by atoms with Crippen molar-refractivity contribution < 1.29 is 4.92 Å². The van der Waals surface area contributed by atoms with Gasteiger partial charge in [0.15, 0.2) is 0 Å². The zero-order valence-corrected chi connectivity index (χ0v) is 11.8. The van der Waals surface area contributed by atoms with E-state index in [0.717, 1.165) is 5.56 Å². The summed E-state index contributed by atoms with van der Waals surface area (Å²) in [6.45, 7) is 1.87. The second-order valence-electron chi connectivity index (χ2n) is 4.55. The van der Waals surface area contributed by atoms with Crippen molar-refractivity contribution in [2.24, 2.45) is 0 Å². The third-order valence-electron chi connectivity index (χ3n) is 3.05. The van der Waals surface area contributed by atoms with Gasteiger partial charge < -0.3 is 4.98 Å². The van der Waals surface area contributed by atoms with Gasteiger partial charge in [-0.15, -0.1) is 11.3 Å². The van der Waals surface area contributed by atoms with Crippen LogP contribution in [0.2, 0.25) is 0 Å². The van der Waals surface area contributed by atoms with Crippen LogP contribution in [0.4, 0.5) is 5.69 Å². The first-order valence-electron chi connectivity index (χ1n) is 6.11. The Labute approximate surface area is 122 Å². The van der Waals surface area contributed by atoms with E-state index < -0.39 is 4.92 Å². The molecule has 7 nitrogen and oxygen atoms in total. The van der Waals surface area contributed by atoms with Crippen LogP contribution >= 0.6 is 11.3 Å². The van der Waals surface area contributed by atoms with Crippen molar-refractivity contribution in [2.75, 3.05) is 0 Å². The van der Waals surface area contributed by atoms with Crippen LogP contribution in [0.15, 0.2) is 28.5 Å². The number of aromatic amines is 1. The number of H-pyrrole nitrogens is 1. The summed E-state index contributed by atoms with van der Waals surface area (Å²) in [4.78, 5) is 33.9. The fourth-order valence-electron chi connectivity index (χ4n) is 2.02. The van der Waals surface area contributed by atoms with Crippen LogP contribution < -0.4 is 5.56 Å². The summed E-state index contributed by atoms with van der Waals surface area (Å²) in [5, 5.41) is 13.1. The van der Waals surface area contributed by atoms with Gasteiger partial charge >= 0.3 is 0 Å². The lowest BCUT2D eigenvalue weighted by Gasteiger charge is -2.01. The van der Waals surface area contributed by atoms with Crippen molar-refractivity contribution in [1.82, 2.24) is 15.0 Å². The Morgan fingerprint density at radius 3 is 2.90 bits per heavy atom. The molecule has 0 aliphatic rings. The second-order valence-corrected chi connectivity index (χ2v) is 5.41. The number of fused-ring (bicyclic) bond motifs is 1. The van der Waals surface area contributed by atoms with Gasteiger partial charge in [-0.25, -0.2) is 4.98 Å². The van der Waals surface area contributed by atoms with Gasteiger partial charge in [0, 0.05) is 18.2 Å². The minimum atomic E-state index is -0.503. The highest BCUT2D eigenvalue weighted by Gasteiger charge is 2.10. The van der Waals surface area contributed by atoms with E-state index >= 15 is 0 Å². The summed E-state index contributed by atoms with van der Waals surface area (Å²) < 4.78 is 0. The van der Waals surface area contributed by atoms with Gasteiger partial charge in [0.25, 0.3) is 11.2 Å². The van der Waals surface area contributed by atoms with Crippen molar-refractivity contribution in [3.8, 4) is 0 Å². The monoisotopic (exact) mass is 302 g/mol. The minimum absolute atomic E-state index is 0.0652. The van der Waals surface area contributed by atoms with Gasteiger partial charge in [0.1, 0.15) is 16.9 Å². The number of nitrogens with zero attached hydrogens (tertiary/aromatic N) is 3. The summed E-state index contributed by atoms with van der Waals surface area (Å²) in [5.74, 6) is 0.496. The zero-order chi connectivity index (χ0) is 15.0. The normalized spacial score (nSPS) is 10.9. The number of pyridine rings is 1. The third kappa shape index (κ3) is 2.52. The van der Waals surface area contributed by atoms with Crippen molar-refractivity contribution in [1.29, 1.82) is 0 Å². The molecule has 0 bridgehead atoms. The molecule has 0 atom stereocenters. The maximum absolute atomic E-state index is 12.0. The smallest absolute Gasteiger partial charge is 0.287 e. The predicted octanol–water partition coefficient (Wildman–Crippen LogP) is 2.19. The largest absolute Gasteiger partial charge is 0.310 e. The molecule has 21 heavy (non-hydrogen) atoms. The number of nitrogens with one attached hydrogen (secondary N) is 1. The molecule has 0 aromatic carbocycles. The lowest BCUT2D eigenvalue weighted by atomic mass is 10.2. The fraction of sp³-hybridized carbons (Fsp3) is 0.154. The molecule has 1 N–H and O–H groups in total. The molecule has 0 saturated carbocycles. The van der Waals surface area contributed by atoms with Gasteiger partial charge in [0.2, 0.25) is 0 Å². The highest BCUT2D eigenvalue weighted by molar-refractivity contribution is 7.16. The minimum Gasteiger partial charge on any atom is -0.310 e. The first-order valence-corrected chi connectivity index (χ1v) is 6.99. The summed E-state index contributed by atoms with van der Waals surface area (Å²) >= 11 is 1.42. The molecule has 106 valence electrons. The molecular formula is C13H10N4O3S. The molecule has 0 unspecified atom stereocenters. The Kier molecular flexibility index (Phi) is 3.22. The van der Waals surface area contributed by atoms with Crippen LogP contribution in [-0.4, -0.2) is 19.9 Å². The molecule has 0 radical (unpaired) electrons. The van der Waals surface area contributed by atoms with Gasteiger partial charge in [-0.3, -0.25) is 19.9 Å². The molecule has 0 spiro atoms. The SMILES string of the molecule is Cc1csc2nc(Cc3ccc([N+](=O)[O-])cn3)[nH]c(=O)c12. The lowest BCUT2D eigenvalue weighted by molar-refractivity contribution is -0.385. The van der Waals surface area contributed by atoms with Crippen molar-refractivity contribution in [2.45, 2.75) is 13.3 Å². The van der Waals surface area contributed by atoms with Crippen LogP contribution in [-0.2, 0) is 6.42 Å². The van der Waals surface area contributed by atoms with E-state index in [1.165, 1.54) is 23.6 Å². The molecule has 3 aromatic rings. The number of thiophene rings is 1. The fourth-order valence-corrected chi connectivity index (χ4v) is 2.96. The standard InChI is InChI=1S/C13H10N4O3S/c1-7-6-21-13-11(7)12(18)15-10(16-13)4-8-2-3-9(5-14-8)17(19)20/h2-3,5-6H,4H2,1H3,(H,15,16,18). The topological polar surface area (TPSA) is 102 Å². The first kappa shape index (κ1) is 13.4. The van der Waals surface area contributed by atoms with Crippen LogP contribution in [0.25, 0.3) is 10.2 Å². The summed E-state index contributed by atoms with van der Waals surface area (Å²) in [7, 11) is 0. The van der Waals surface area contributed by atoms with E-state index in [4.69, 9.17) is 0 Å². The Balaban J connectivity index is 1.94. The Morgan fingerprint density at radius 1 is 1.43 bits per heavy atom. The zero-order valence-electron chi connectivity index (χ0n) is 11.0. The highest BCUT2D eigenvalue weighted by atomic mass is 32.1. The molecule has 0 aliphatic heterocycles. The maximum atomic E-state index is 12.0. The van der Waals surface area contributed by atoms with Crippen molar-refractivity contribution in [3.63, 3.8) is 0 Å². The summed E-state index contributed by atoms with van der Waals surface area (Å²) in [6.07, 6.45) is 1.52.